The Balaban J connectivity index is 1.99. The molecule has 4 heteroatoms. The second kappa shape index (κ2) is 6.82. The Bertz CT molecular complexity index is 688. The Hall–Kier alpha value is -2.36. The quantitative estimate of drug-likeness (QED) is 0.774. The molecule has 1 fully saturated rings. The standard InChI is InChI=1S/C19H19FO3/c1-22-19(21)14-8-11-18(23-16-4-2-3-5-16)17(12-14)13-6-9-15(20)10-7-13/h6-12,16H,2-5H2,1H3. The molecular formula is C19H19FO3. The summed E-state index contributed by atoms with van der Waals surface area (Å²) < 4.78 is 24.1. The first-order valence-electron chi connectivity index (χ1n) is 7.82. The van der Waals surface area contributed by atoms with Gasteiger partial charge in [0.15, 0.2) is 0 Å². The molecule has 2 aromatic carbocycles. The number of benzene rings is 2. The molecule has 0 amide bonds. The number of hydrogen-bond acceptors (Lipinski definition) is 3. The fourth-order valence-corrected chi connectivity index (χ4v) is 2.92. The molecule has 23 heavy (non-hydrogen) atoms. The van der Waals surface area contributed by atoms with Gasteiger partial charge in [-0.2, -0.15) is 0 Å². The Kier molecular flexibility index (Phi) is 4.60. The molecule has 120 valence electrons. The zero-order chi connectivity index (χ0) is 16.2. The molecule has 0 aromatic heterocycles. The van der Waals surface area contributed by atoms with Crippen LogP contribution in [0.25, 0.3) is 11.1 Å². The second-order valence-electron chi connectivity index (χ2n) is 5.73. The highest BCUT2D eigenvalue weighted by Gasteiger charge is 2.19. The van der Waals surface area contributed by atoms with Gasteiger partial charge in [-0.25, -0.2) is 9.18 Å². The lowest BCUT2D eigenvalue weighted by Crippen LogP contribution is -2.12. The smallest absolute Gasteiger partial charge is 0.337 e. The summed E-state index contributed by atoms with van der Waals surface area (Å²) in [4.78, 5) is 11.8. The molecule has 0 atom stereocenters. The van der Waals surface area contributed by atoms with Gasteiger partial charge in [0.1, 0.15) is 11.6 Å². The van der Waals surface area contributed by atoms with Crippen LogP contribution in [0.3, 0.4) is 0 Å². The molecule has 2 aromatic rings. The lowest BCUT2D eigenvalue weighted by Gasteiger charge is -2.17. The molecule has 1 aliphatic carbocycles. The van der Waals surface area contributed by atoms with E-state index >= 15 is 0 Å². The highest BCUT2D eigenvalue weighted by Crippen LogP contribution is 2.34. The lowest BCUT2D eigenvalue weighted by atomic mass is 10.0. The van der Waals surface area contributed by atoms with Crippen molar-refractivity contribution >= 4 is 5.97 Å². The molecule has 0 aliphatic heterocycles. The number of carbonyl (C=O) groups is 1. The number of esters is 1. The van der Waals surface area contributed by atoms with Gasteiger partial charge in [0.05, 0.1) is 18.8 Å². The van der Waals surface area contributed by atoms with Gasteiger partial charge in [0.25, 0.3) is 0 Å². The van der Waals surface area contributed by atoms with Gasteiger partial charge in [-0.1, -0.05) is 12.1 Å². The molecule has 0 N–H and O–H groups in total. The van der Waals surface area contributed by atoms with Crippen molar-refractivity contribution < 1.29 is 18.7 Å². The first-order valence-corrected chi connectivity index (χ1v) is 7.82. The van der Waals surface area contributed by atoms with Gasteiger partial charge in [-0.3, -0.25) is 0 Å². The van der Waals surface area contributed by atoms with Gasteiger partial charge in [0.2, 0.25) is 0 Å². The first kappa shape index (κ1) is 15.5. The summed E-state index contributed by atoms with van der Waals surface area (Å²) in [5.74, 6) is 0.0214. The van der Waals surface area contributed by atoms with Crippen LogP contribution in [-0.4, -0.2) is 19.2 Å². The number of carbonyl (C=O) groups excluding carboxylic acids is 1. The summed E-state index contributed by atoms with van der Waals surface area (Å²) in [5, 5.41) is 0. The van der Waals surface area contributed by atoms with Crippen molar-refractivity contribution in [3.8, 4) is 16.9 Å². The SMILES string of the molecule is COC(=O)c1ccc(OC2CCCC2)c(-c2ccc(F)cc2)c1. The van der Waals surface area contributed by atoms with Crippen LogP contribution >= 0.6 is 0 Å². The van der Waals surface area contributed by atoms with Crippen LogP contribution in [0.15, 0.2) is 42.5 Å². The lowest BCUT2D eigenvalue weighted by molar-refractivity contribution is 0.0600. The monoisotopic (exact) mass is 314 g/mol. The number of ether oxygens (including phenoxy) is 2. The van der Waals surface area contributed by atoms with Crippen LogP contribution in [0.4, 0.5) is 4.39 Å². The summed E-state index contributed by atoms with van der Waals surface area (Å²) in [7, 11) is 1.35. The van der Waals surface area contributed by atoms with Crippen LogP contribution in [0.5, 0.6) is 5.75 Å². The first-order chi connectivity index (χ1) is 11.2. The fourth-order valence-electron chi connectivity index (χ4n) is 2.92. The maximum absolute atomic E-state index is 13.2. The largest absolute Gasteiger partial charge is 0.490 e. The van der Waals surface area contributed by atoms with Crippen LogP contribution < -0.4 is 4.74 Å². The molecule has 1 aliphatic rings. The van der Waals surface area contributed by atoms with E-state index in [2.05, 4.69) is 0 Å². The van der Waals surface area contributed by atoms with E-state index < -0.39 is 5.97 Å². The minimum absolute atomic E-state index is 0.207. The van der Waals surface area contributed by atoms with Gasteiger partial charge in [-0.15, -0.1) is 0 Å². The van der Waals surface area contributed by atoms with Crippen molar-refractivity contribution in [3.05, 3.63) is 53.8 Å². The third kappa shape index (κ3) is 3.52. The third-order valence-electron chi connectivity index (χ3n) is 4.15. The van der Waals surface area contributed by atoms with Crippen LogP contribution in [0, 0.1) is 5.82 Å². The molecule has 0 heterocycles. The molecule has 0 spiro atoms. The van der Waals surface area contributed by atoms with E-state index in [1.807, 2.05) is 0 Å². The predicted octanol–water partition coefficient (Wildman–Crippen LogP) is 4.60. The van der Waals surface area contributed by atoms with Crippen molar-refractivity contribution in [1.82, 2.24) is 0 Å². The topological polar surface area (TPSA) is 35.5 Å². The van der Waals surface area contributed by atoms with Crippen molar-refractivity contribution in [2.75, 3.05) is 7.11 Å². The van der Waals surface area contributed by atoms with E-state index in [1.165, 1.54) is 32.1 Å². The maximum atomic E-state index is 13.2. The van der Waals surface area contributed by atoms with E-state index in [1.54, 1.807) is 30.3 Å². The van der Waals surface area contributed by atoms with E-state index in [0.29, 0.717) is 5.56 Å². The molecule has 0 radical (unpaired) electrons. The maximum Gasteiger partial charge on any atom is 0.337 e. The summed E-state index contributed by atoms with van der Waals surface area (Å²) in [6.45, 7) is 0. The normalized spacial score (nSPS) is 14.7. The summed E-state index contributed by atoms with van der Waals surface area (Å²) in [6.07, 6.45) is 4.65. The molecule has 3 rings (SSSR count). The fraction of sp³-hybridized carbons (Fsp3) is 0.316. The number of halogens is 1. The van der Waals surface area contributed by atoms with Gasteiger partial charge in [-0.05, 0) is 61.6 Å². The molecule has 0 saturated heterocycles. The van der Waals surface area contributed by atoms with Crippen molar-refractivity contribution in [2.45, 2.75) is 31.8 Å². The molecular weight excluding hydrogens is 295 g/mol. The Morgan fingerprint density at radius 1 is 1.09 bits per heavy atom. The summed E-state index contributed by atoms with van der Waals surface area (Å²) >= 11 is 0. The average molecular weight is 314 g/mol. The highest BCUT2D eigenvalue weighted by atomic mass is 19.1. The Morgan fingerprint density at radius 3 is 2.43 bits per heavy atom. The Morgan fingerprint density at radius 2 is 1.78 bits per heavy atom. The number of hydrogen-bond donors (Lipinski definition) is 0. The van der Waals surface area contributed by atoms with Crippen LogP contribution in [0.2, 0.25) is 0 Å². The van der Waals surface area contributed by atoms with Crippen molar-refractivity contribution in [3.63, 3.8) is 0 Å². The number of rotatable bonds is 4. The zero-order valence-corrected chi connectivity index (χ0v) is 13.0. The van der Waals surface area contributed by atoms with Crippen LogP contribution in [-0.2, 0) is 4.74 Å². The second-order valence-corrected chi connectivity index (χ2v) is 5.73. The van der Waals surface area contributed by atoms with Gasteiger partial charge in [0, 0.05) is 5.56 Å². The van der Waals surface area contributed by atoms with Crippen LogP contribution in [0.1, 0.15) is 36.0 Å². The molecule has 1 saturated carbocycles. The van der Waals surface area contributed by atoms with E-state index in [0.717, 1.165) is 29.7 Å². The van der Waals surface area contributed by atoms with Gasteiger partial charge < -0.3 is 9.47 Å². The Labute approximate surface area is 135 Å². The van der Waals surface area contributed by atoms with E-state index in [9.17, 15) is 9.18 Å². The van der Waals surface area contributed by atoms with Gasteiger partial charge >= 0.3 is 5.97 Å². The summed E-state index contributed by atoms with van der Waals surface area (Å²) in [5.41, 5.74) is 2.04. The average Bonchev–Trinajstić information content (AvgIpc) is 3.08. The molecule has 3 nitrogen and oxygen atoms in total. The van der Waals surface area contributed by atoms with Crippen molar-refractivity contribution in [2.24, 2.45) is 0 Å². The van der Waals surface area contributed by atoms with Crippen molar-refractivity contribution in [1.29, 1.82) is 0 Å². The van der Waals surface area contributed by atoms with E-state index in [4.69, 9.17) is 9.47 Å². The highest BCUT2D eigenvalue weighted by molar-refractivity contribution is 5.92. The zero-order valence-electron chi connectivity index (χ0n) is 13.0. The molecule has 0 unspecified atom stereocenters. The minimum atomic E-state index is -0.402. The molecule has 0 bridgehead atoms. The predicted molar refractivity (Wildman–Crippen MR) is 86.1 cm³/mol. The van der Waals surface area contributed by atoms with E-state index in [-0.39, 0.29) is 11.9 Å². The minimum Gasteiger partial charge on any atom is -0.490 e. The third-order valence-corrected chi connectivity index (χ3v) is 4.15. The summed E-state index contributed by atoms with van der Waals surface area (Å²) in [6, 6.07) is 11.4. The number of methoxy groups -OCH3 is 1.